The van der Waals surface area contributed by atoms with Crippen molar-refractivity contribution in [2.45, 2.75) is 32.3 Å². The molecular weight excluding hydrogens is 112 g/mol. The van der Waals surface area contributed by atoms with Crippen molar-refractivity contribution >= 4 is 0 Å². The first-order valence-corrected chi connectivity index (χ1v) is 3.68. The summed E-state index contributed by atoms with van der Waals surface area (Å²) < 4.78 is 5.43. The van der Waals surface area contributed by atoms with Crippen LogP contribution in [-0.2, 0) is 4.74 Å². The van der Waals surface area contributed by atoms with Gasteiger partial charge in [-0.1, -0.05) is 12.2 Å². The second-order valence-electron chi connectivity index (χ2n) is 2.43. The summed E-state index contributed by atoms with van der Waals surface area (Å²) in [5.41, 5.74) is 0. The Morgan fingerprint density at radius 2 is 2.33 bits per heavy atom. The summed E-state index contributed by atoms with van der Waals surface area (Å²) in [6, 6.07) is 0. The van der Waals surface area contributed by atoms with Gasteiger partial charge in [0.15, 0.2) is 0 Å². The number of rotatable bonds is 1. The molecule has 1 heteroatoms. The molecule has 0 amide bonds. The smallest absolute Gasteiger partial charge is 0.0755 e. The Hall–Kier alpha value is -0.300. The lowest BCUT2D eigenvalue weighted by atomic mass is 10.1. The van der Waals surface area contributed by atoms with E-state index in [2.05, 4.69) is 12.2 Å². The highest BCUT2D eigenvalue weighted by molar-refractivity contribution is 4.87. The van der Waals surface area contributed by atoms with Crippen LogP contribution in [0.3, 0.4) is 0 Å². The van der Waals surface area contributed by atoms with E-state index >= 15 is 0 Å². The molecule has 0 unspecified atom stereocenters. The molecule has 0 aromatic heterocycles. The Labute approximate surface area is 56.7 Å². The van der Waals surface area contributed by atoms with Gasteiger partial charge in [0.2, 0.25) is 0 Å². The van der Waals surface area contributed by atoms with E-state index in [0.29, 0.717) is 6.10 Å². The molecule has 0 aliphatic carbocycles. The summed E-state index contributed by atoms with van der Waals surface area (Å²) in [5, 5.41) is 0. The first kappa shape index (κ1) is 6.81. The summed E-state index contributed by atoms with van der Waals surface area (Å²) in [4.78, 5) is 0. The molecule has 0 spiro atoms. The van der Waals surface area contributed by atoms with Crippen molar-refractivity contribution in [2.75, 3.05) is 6.61 Å². The van der Waals surface area contributed by atoms with E-state index in [0.717, 1.165) is 6.61 Å². The van der Waals surface area contributed by atoms with Crippen LogP contribution in [0.15, 0.2) is 12.2 Å². The van der Waals surface area contributed by atoms with E-state index in [-0.39, 0.29) is 0 Å². The van der Waals surface area contributed by atoms with E-state index in [9.17, 15) is 0 Å². The molecule has 1 atom stereocenters. The lowest BCUT2D eigenvalue weighted by Gasteiger charge is -2.18. The topological polar surface area (TPSA) is 9.23 Å². The summed E-state index contributed by atoms with van der Waals surface area (Å²) in [6.45, 7) is 2.99. The van der Waals surface area contributed by atoms with Gasteiger partial charge < -0.3 is 4.74 Å². The van der Waals surface area contributed by atoms with E-state index < -0.39 is 0 Å². The zero-order valence-electron chi connectivity index (χ0n) is 5.97. The van der Waals surface area contributed by atoms with Crippen molar-refractivity contribution in [2.24, 2.45) is 0 Å². The van der Waals surface area contributed by atoms with Gasteiger partial charge in [0.05, 0.1) is 6.10 Å². The molecule has 0 radical (unpaired) electrons. The van der Waals surface area contributed by atoms with Crippen molar-refractivity contribution in [3.8, 4) is 0 Å². The minimum atomic E-state index is 0.420. The van der Waals surface area contributed by atoms with Gasteiger partial charge in [-0.05, 0) is 26.2 Å². The third-order valence-corrected chi connectivity index (χ3v) is 1.62. The molecule has 1 aliphatic rings. The van der Waals surface area contributed by atoms with Crippen molar-refractivity contribution in [3.05, 3.63) is 12.2 Å². The maximum Gasteiger partial charge on any atom is 0.0755 e. The Kier molecular flexibility index (Phi) is 2.78. The van der Waals surface area contributed by atoms with E-state index in [1.165, 1.54) is 19.3 Å². The number of allylic oxidation sites excluding steroid dienone is 1. The fraction of sp³-hybridized carbons (Fsp3) is 0.750. The quantitative estimate of drug-likeness (QED) is 0.489. The van der Waals surface area contributed by atoms with E-state index in [4.69, 9.17) is 4.74 Å². The maximum absolute atomic E-state index is 5.43. The lowest BCUT2D eigenvalue weighted by Crippen LogP contribution is -2.15. The molecular formula is C8H14O. The Morgan fingerprint density at radius 1 is 1.44 bits per heavy atom. The standard InChI is InChI=1S/C8H14O/c1-2-5-8-6-3-4-7-9-8/h2,5,8H,3-4,6-7H2,1H3/b5-2+/t8-/m1/s1. The Morgan fingerprint density at radius 3 is 2.89 bits per heavy atom. The average Bonchev–Trinajstić information content (AvgIpc) is 1.91. The highest BCUT2D eigenvalue weighted by atomic mass is 16.5. The van der Waals surface area contributed by atoms with Crippen LogP contribution in [0, 0.1) is 0 Å². The molecule has 0 saturated carbocycles. The lowest BCUT2D eigenvalue weighted by molar-refractivity contribution is 0.0465. The number of hydrogen-bond acceptors (Lipinski definition) is 1. The normalized spacial score (nSPS) is 29.2. The van der Waals surface area contributed by atoms with Gasteiger partial charge in [0.1, 0.15) is 0 Å². The molecule has 1 rings (SSSR count). The zero-order chi connectivity index (χ0) is 6.53. The van der Waals surface area contributed by atoms with Gasteiger partial charge in [-0.25, -0.2) is 0 Å². The molecule has 0 bridgehead atoms. The number of hydrogen-bond donors (Lipinski definition) is 0. The van der Waals surface area contributed by atoms with Gasteiger partial charge in [-0.3, -0.25) is 0 Å². The van der Waals surface area contributed by atoms with Gasteiger partial charge in [-0.2, -0.15) is 0 Å². The van der Waals surface area contributed by atoms with Crippen LogP contribution < -0.4 is 0 Å². The van der Waals surface area contributed by atoms with Crippen molar-refractivity contribution in [1.82, 2.24) is 0 Å². The fourth-order valence-electron chi connectivity index (χ4n) is 1.13. The van der Waals surface area contributed by atoms with Crippen LogP contribution in [0.2, 0.25) is 0 Å². The molecule has 1 nitrogen and oxygen atoms in total. The average molecular weight is 126 g/mol. The van der Waals surface area contributed by atoms with Gasteiger partial charge in [-0.15, -0.1) is 0 Å². The van der Waals surface area contributed by atoms with Crippen LogP contribution in [0.5, 0.6) is 0 Å². The minimum absolute atomic E-state index is 0.420. The van der Waals surface area contributed by atoms with E-state index in [1.807, 2.05) is 6.92 Å². The van der Waals surface area contributed by atoms with Crippen molar-refractivity contribution < 1.29 is 4.74 Å². The molecule has 1 heterocycles. The molecule has 1 saturated heterocycles. The van der Waals surface area contributed by atoms with Gasteiger partial charge in [0.25, 0.3) is 0 Å². The Bertz CT molecular complexity index is 90.7. The summed E-state index contributed by atoms with van der Waals surface area (Å²) in [5.74, 6) is 0. The predicted molar refractivity (Wildman–Crippen MR) is 38.4 cm³/mol. The molecule has 52 valence electrons. The van der Waals surface area contributed by atoms with Crippen LogP contribution >= 0.6 is 0 Å². The monoisotopic (exact) mass is 126 g/mol. The molecule has 0 N–H and O–H groups in total. The third-order valence-electron chi connectivity index (χ3n) is 1.62. The zero-order valence-corrected chi connectivity index (χ0v) is 5.97. The SMILES string of the molecule is C/C=C/[C@@H]1CCCCO1. The largest absolute Gasteiger partial charge is 0.374 e. The van der Waals surface area contributed by atoms with Gasteiger partial charge >= 0.3 is 0 Å². The summed E-state index contributed by atoms with van der Waals surface area (Å²) in [6.07, 6.45) is 8.41. The van der Waals surface area contributed by atoms with Crippen molar-refractivity contribution in [3.63, 3.8) is 0 Å². The first-order valence-electron chi connectivity index (χ1n) is 3.68. The second kappa shape index (κ2) is 3.67. The van der Waals surface area contributed by atoms with Crippen LogP contribution in [0.25, 0.3) is 0 Å². The summed E-state index contributed by atoms with van der Waals surface area (Å²) in [7, 11) is 0. The fourth-order valence-corrected chi connectivity index (χ4v) is 1.13. The van der Waals surface area contributed by atoms with Crippen LogP contribution in [0.4, 0.5) is 0 Å². The second-order valence-corrected chi connectivity index (χ2v) is 2.43. The molecule has 0 aromatic carbocycles. The Balaban J connectivity index is 2.23. The van der Waals surface area contributed by atoms with Gasteiger partial charge in [0, 0.05) is 6.61 Å². The predicted octanol–water partition coefficient (Wildman–Crippen LogP) is 2.13. The summed E-state index contributed by atoms with van der Waals surface area (Å²) >= 11 is 0. The highest BCUT2D eigenvalue weighted by Gasteiger charge is 2.08. The molecule has 0 aromatic rings. The third kappa shape index (κ3) is 2.19. The number of ether oxygens (including phenoxy) is 1. The minimum Gasteiger partial charge on any atom is -0.374 e. The molecule has 1 fully saturated rings. The van der Waals surface area contributed by atoms with Crippen molar-refractivity contribution in [1.29, 1.82) is 0 Å². The highest BCUT2D eigenvalue weighted by Crippen LogP contribution is 2.12. The molecule has 1 aliphatic heterocycles. The van der Waals surface area contributed by atoms with Crippen LogP contribution in [-0.4, -0.2) is 12.7 Å². The van der Waals surface area contributed by atoms with E-state index in [1.54, 1.807) is 0 Å². The first-order chi connectivity index (χ1) is 4.43. The van der Waals surface area contributed by atoms with Crippen LogP contribution in [0.1, 0.15) is 26.2 Å². The molecule has 9 heavy (non-hydrogen) atoms. The maximum atomic E-state index is 5.43.